The van der Waals surface area contributed by atoms with Crippen LogP contribution >= 0.6 is 0 Å². The normalized spacial score (nSPS) is 25.0. The Morgan fingerprint density at radius 3 is 2.10 bits per heavy atom. The van der Waals surface area contributed by atoms with E-state index < -0.39 is 6.16 Å². The molecule has 2 aromatic carbocycles. The summed E-state index contributed by atoms with van der Waals surface area (Å²) >= 11 is 0. The van der Waals surface area contributed by atoms with Crippen LogP contribution in [0.3, 0.4) is 0 Å². The summed E-state index contributed by atoms with van der Waals surface area (Å²) in [4.78, 5) is 12.7. The van der Waals surface area contributed by atoms with Crippen LogP contribution in [-0.2, 0) is 30.5 Å². The summed E-state index contributed by atoms with van der Waals surface area (Å²) in [5.74, 6) is 0. The number of carbonyl (C=O) groups excluding carboxylic acids is 1. The van der Waals surface area contributed by atoms with E-state index in [1.165, 1.54) is 22.3 Å². The van der Waals surface area contributed by atoms with Gasteiger partial charge in [0.25, 0.3) is 0 Å². The molecular weight excluding hydrogens is 376 g/mol. The largest absolute Gasteiger partial charge is 0.508 e. The van der Waals surface area contributed by atoms with Crippen LogP contribution in [0.1, 0.15) is 62.8 Å². The number of hydrogen-bond donors (Lipinski definition) is 0. The average Bonchev–Trinajstić information content (AvgIpc) is 3.07. The molecule has 0 bridgehead atoms. The zero-order chi connectivity index (χ0) is 21.6. The molecule has 0 fully saturated rings. The summed E-state index contributed by atoms with van der Waals surface area (Å²) in [6.45, 7) is 9.78. The van der Waals surface area contributed by atoms with Crippen LogP contribution in [0.4, 0.5) is 4.79 Å². The molecule has 4 heteroatoms. The molecule has 4 rings (SSSR count). The Labute approximate surface area is 179 Å². The minimum Gasteiger partial charge on any atom is -0.434 e. The molecule has 0 saturated heterocycles. The first kappa shape index (κ1) is 20.9. The second kappa shape index (κ2) is 7.42. The lowest BCUT2D eigenvalue weighted by atomic mass is 9.70. The van der Waals surface area contributed by atoms with E-state index in [2.05, 4.69) is 76.2 Å². The van der Waals surface area contributed by atoms with Gasteiger partial charge < -0.3 is 14.2 Å². The molecule has 0 amide bonds. The topological polar surface area (TPSA) is 44.8 Å². The maximum absolute atomic E-state index is 12.7. The Morgan fingerprint density at radius 1 is 0.900 bits per heavy atom. The minimum absolute atomic E-state index is 0.0197. The fourth-order valence-corrected chi connectivity index (χ4v) is 5.89. The third-order valence-electron chi connectivity index (χ3n) is 6.99. The van der Waals surface area contributed by atoms with Gasteiger partial charge >= 0.3 is 6.16 Å². The average molecular weight is 409 g/mol. The van der Waals surface area contributed by atoms with Gasteiger partial charge in [-0.25, -0.2) is 4.79 Å². The van der Waals surface area contributed by atoms with E-state index >= 15 is 0 Å². The van der Waals surface area contributed by atoms with Crippen molar-refractivity contribution in [1.82, 2.24) is 0 Å². The van der Waals surface area contributed by atoms with Gasteiger partial charge in [-0.15, -0.1) is 0 Å². The first-order chi connectivity index (χ1) is 14.2. The number of methoxy groups -OCH3 is 1. The molecule has 0 heterocycles. The molecule has 0 saturated carbocycles. The Morgan fingerprint density at radius 2 is 1.47 bits per heavy atom. The molecule has 0 aliphatic heterocycles. The highest BCUT2D eigenvalue weighted by molar-refractivity contribution is 5.66. The zero-order valence-electron chi connectivity index (χ0n) is 18.7. The van der Waals surface area contributed by atoms with E-state index in [0.29, 0.717) is 19.6 Å². The first-order valence-electron chi connectivity index (χ1n) is 10.8. The molecule has 160 valence electrons. The van der Waals surface area contributed by atoms with Crippen molar-refractivity contribution in [1.29, 1.82) is 0 Å². The third kappa shape index (κ3) is 3.04. The van der Waals surface area contributed by atoms with E-state index in [0.717, 1.165) is 6.42 Å². The van der Waals surface area contributed by atoms with Crippen LogP contribution in [0.2, 0.25) is 0 Å². The van der Waals surface area contributed by atoms with Crippen molar-refractivity contribution in [3.63, 3.8) is 0 Å². The predicted molar refractivity (Wildman–Crippen MR) is 117 cm³/mol. The molecule has 2 aliphatic rings. The third-order valence-corrected chi connectivity index (χ3v) is 6.99. The van der Waals surface area contributed by atoms with E-state index in [-0.39, 0.29) is 22.3 Å². The highest BCUT2D eigenvalue weighted by atomic mass is 16.7. The van der Waals surface area contributed by atoms with Crippen molar-refractivity contribution >= 4 is 6.16 Å². The Bertz CT molecular complexity index is 933. The number of benzene rings is 2. The van der Waals surface area contributed by atoms with Crippen molar-refractivity contribution < 1.29 is 19.0 Å². The van der Waals surface area contributed by atoms with Gasteiger partial charge in [-0.05, 0) is 34.1 Å². The Kier molecular flexibility index (Phi) is 5.17. The fraction of sp³-hybridized carbons (Fsp3) is 0.500. The first-order valence-corrected chi connectivity index (χ1v) is 10.8. The molecule has 2 atom stereocenters. The lowest BCUT2D eigenvalue weighted by Gasteiger charge is -2.39. The van der Waals surface area contributed by atoms with Crippen molar-refractivity contribution in [2.45, 2.75) is 62.9 Å². The zero-order valence-corrected chi connectivity index (χ0v) is 18.7. The summed E-state index contributed by atoms with van der Waals surface area (Å²) in [5.41, 5.74) is 4.37. The summed E-state index contributed by atoms with van der Waals surface area (Å²) < 4.78 is 16.6. The van der Waals surface area contributed by atoms with Crippen molar-refractivity contribution in [3.8, 4) is 0 Å². The summed E-state index contributed by atoms with van der Waals surface area (Å²) in [6.07, 6.45) is 0.598. The summed E-state index contributed by atoms with van der Waals surface area (Å²) in [6, 6.07) is 17.2. The van der Waals surface area contributed by atoms with Gasteiger partial charge in [0.2, 0.25) is 0 Å². The number of rotatable bonds is 5. The van der Waals surface area contributed by atoms with Gasteiger partial charge in [-0.1, -0.05) is 76.2 Å². The summed E-state index contributed by atoms with van der Waals surface area (Å²) in [7, 11) is 1.64. The second-order valence-corrected chi connectivity index (χ2v) is 9.79. The second-order valence-electron chi connectivity index (χ2n) is 9.79. The molecule has 0 aromatic heterocycles. The maximum Gasteiger partial charge on any atom is 0.508 e. The van der Waals surface area contributed by atoms with Gasteiger partial charge in [0.15, 0.2) is 0 Å². The maximum atomic E-state index is 12.7. The molecule has 2 aromatic rings. The van der Waals surface area contributed by atoms with Crippen LogP contribution in [-0.4, -0.2) is 32.6 Å². The van der Waals surface area contributed by atoms with Gasteiger partial charge in [0.1, 0.15) is 6.10 Å². The van der Waals surface area contributed by atoms with Crippen LogP contribution in [0, 0.1) is 0 Å². The van der Waals surface area contributed by atoms with E-state index in [9.17, 15) is 4.79 Å². The number of carbonyl (C=O) groups is 1. The van der Waals surface area contributed by atoms with Crippen molar-refractivity contribution in [3.05, 3.63) is 70.8 Å². The van der Waals surface area contributed by atoms with Crippen LogP contribution < -0.4 is 0 Å². The van der Waals surface area contributed by atoms with E-state index in [1.54, 1.807) is 7.11 Å². The van der Waals surface area contributed by atoms with Gasteiger partial charge in [-0.2, -0.15) is 0 Å². The fourth-order valence-electron chi connectivity index (χ4n) is 5.89. The van der Waals surface area contributed by atoms with Crippen LogP contribution in [0.15, 0.2) is 48.5 Å². The Balaban J connectivity index is 1.78. The highest BCUT2D eigenvalue weighted by Crippen LogP contribution is 2.63. The van der Waals surface area contributed by atoms with Crippen molar-refractivity contribution in [2.24, 2.45) is 0 Å². The molecule has 2 unspecified atom stereocenters. The van der Waals surface area contributed by atoms with Gasteiger partial charge in [-0.3, -0.25) is 0 Å². The lowest BCUT2D eigenvalue weighted by Crippen LogP contribution is -2.46. The standard InChI is InChI=1S/C26H32O4/c1-24(2)17-26(20-13-8-6-11-18(20)24)21-14-9-7-12-19(21)25(3,4)22(26)30-23(27)29-16-10-15-28-5/h6-9,11-14,22H,10,15-17H2,1-5H3. The predicted octanol–water partition coefficient (Wildman–Crippen LogP) is 5.50. The molecular formula is C26H32O4. The number of hydrogen-bond acceptors (Lipinski definition) is 4. The molecule has 0 N–H and O–H groups in total. The van der Waals surface area contributed by atoms with Crippen LogP contribution in [0.25, 0.3) is 0 Å². The monoisotopic (exact) mass is 408 g/mol. The summed E-state index contributed by atoms with van der Waals surface area (Å²) in [5, 5.41) is 0. The highest BCUT2D eigenvalue weighted by Gasteiger charge is 2.64. The molecule has 0 radical (unpaired) electrons. The van der Waals surface area contributed by atoms with Crippen LogP contribution in [0.5, 0.6) is 0 Å². The SMILES string of the molecule is COCCCOC(=O)OC1C(C)(C)c2ccccc2C12CC(C)(C)c1ccccc12. The molecule has 30 heavy (non-hydrogen) atoms. The number of ether oxygens (including phenoxy) is 3. The van der Waals surface area contributed by atoms with E-state index in [1.807, 2.05) is 0 Å². The smallest absolute Gasteiger partial charge is 0.434 e. The van der Waals surface area contributed by atoms with E-state index in [4.69, 9.17) is 14.2 Å². The molecule has 4 nitrogen and oxygen atoms in total. The van der Waals surface area contributed by atoms with Crippen molar-refractivity contribution in [2.75, 3.05) is 20.3 Å². The Hall–Kier alpha value is -2.33. The minimum atomic E-state index is -0.599. The quantitative estimate of drug-likeness (QED) is 0.484. The lowest BCUT2D eigenvalue weighted by molar-refractivity contribution is -0.0239. The number of fused-ring (bicyclic) bond motifs is 4. The van der Waals surface area contributed by atoms with Gasteiger partial charge in [0, 0.05) is 25.6 Å². The molecule has 1 spiro atoms. The van der Waals surface area contributed by atoms with Gasteiger partial charge in [0.05, 0.1) is 12.0 Å². The molecule has 2 aliphatic carbocycles.